The summed E-state index contributed by atoms with van der Waals surface area (Å²) >= 11 is 0. The van der Waals surface area contributed by atoms with Crippen molar-refractivity contribution < 1.29 is 0 Å². The standard InChI is InChI=1S/C15H11N5/c1-10-8-14(12-4-2-3-5-13(12)18-10)19-15-11(9-16)6-7-17-20-15/h2-8H,1H3,(H,18,19,20). The highest BCUT2D eigenvalue weighted by atomic mass is 15.2. The van der Waals surface area contributed by atoms with Gasteiger partial charge in [-0.05, 0) is 25.1 Å². The zero-order valence-electron chi connectivity index (χ0n) is 10.8. The Morgan fingerprint density at radius 3 is 2.90 bits per heavy atom. The van der Waals surface area contributed by atoms with Gasteiger partial charge in [0.05, 0.1) is 23.0 Å². The van der Waals surface area contributed by atoms with Crippen molar-refractivity contribution in [3.63, 3.8) is 0 Å². The van der Waals surface area contributed by atoms with E-state index in [4.69, 9.17) is 5.26 Å². The fraction of sp³-hybridized carbons (Fsp3) is 0.0667. The van der Waals surface area contributed by atoms with Crippen LogP contribution in [0.1, 0.15) is 11.3 Å². The molecule has 0 bridgehead atoms. The summed E-state index contributed by atoms with van der Waals surface area (Å²) < 4.78 is 0. The Bertz CT molecular complexity index is 820. The molecule has 0 atom stereocenters. The highest BCUT2D eigenvalue weighted by Gasteiger charge is 2.08. The number of aryl methyl sites for hydroxylation is 1. The number of hydrogen-bond donors (Lipinski definition) is 1. The van der Waals surface area contributed by atoms with E-state index in [0.29, 0.717) is 11.4 Å². The van der Waals surface area contributed by atoms with E-state index in [1.54, 1.807) is 6.07 Å². The molecular formula is C15H11N5. The highest BCUT2D eigenvalue weighted by Crippen LogP contribution is 2.26. The predicted octanol–water partition coefficient (Wildman–Crippen LogP) is 2.95. The van der Waals surface area contributed by atoms with E-state index >= 15 is 0 Å². The van der Waals surface area contributed by atoms with Gasteiger partial charge in [0, 0.05) is 11.1 Å². The molecule has 0 aliphatic heterocycles. The summed E-state index contributed by atoms with van der Waals surface area (Å²) in [5.41, 5.74) is 3.12. The Kier molecular flexibility index (Phi) is 2.98. The minimum Gasteiger partial charge on any atom is -0.337 e. The van der Waals surface area contributed by atoms with E-state index in [1.165, 1.54) is 6.20 Å². The maximum absolute atomic E-state index is 9.09. The van der Waals surface area contributed by atoms with Crippen LogP contribution in [0.3, 0.4) is 0 Å². The molecular weight excluding hydrogens is 250 g/mol. The molecule has 20 heavy (non-hydrogen) atoms. The number of fused-ring (bicyclic) bond motifs is 1. The molecule has 96 valence electrons. The fourth-order valence-corrected chi connectivity index (χ4v) is 2.05. The number of aromatic nitrogens is 3. The molecule has 0 aliphatic rings. The van der Waals surface area contributed by atoms with Crippen molar-refractivity contribution in [2.24, 2.45) is 0 Å². The van der Waals surface area contributed by atoms with Gasteiger partial charge in [0.1, 0.15) is 6.07 Å². The van der Waals surface area contributed by atoms with Crippen LogP contribution in [0.15, 0.2) is 42.6 Å². The van der Waals surface area contributed by atoms with Gasteiger partial charge in [-0.15, -0.1) is 5.10 Å². The summed E-state index contributed by atoms with van der Waals surface area (Å²) in [6.45, 7) is 1.93. The van der Waals surface area contributed by atoms with Gasteiger partial charge in [-0.3, -0.25) is 4.98 Å². The molecule has 2 aromatic heterocycles. The maximum atomic E-state index is 9.09. The number of nitrogens with zero attached hydrogens (tertiary/aromatic N) is 4. The predicted molar refractivity (Wildman–Crippen MR) is 76.5 cm³/mol. The van der Waals surface area contributed by atoms with Crippen LogP contribution in [0.25, 0.3) is 10.9 Å². The summed E-state index contributed by atoms with van der Waals surface area (Å²) in [5, 5.41) is 21.0. The second-order valence-corrected chi connectivity index (χ2v) is 4.36. The lowest BCUT2D eigenvalue weighted by atomic mass is 10.1. The van der Waals surface area contributed by atoms with Crippen molar-refractivity contribution in [2.45, 2.75) is 6.92 Å². The van der Waals surface area contributed by atoms with E-state index in [1.807, 2.05) is 37.3 Å². The average Bonchev–Trinajstić information content (AvgIpc) is 2.47. The lowest BCUT2D eigenvalue weighted by Gasteiger charge is -2.10. The quantitative estimate of drug-likeness (QED) is 0.767. The molecule has 3 rings (SSSR count). The Morgan fingerprint density at radius 1 is 1.20 bits per heavy atom. The number of benzene rings is 1. The summed E-state index contributed by atoms with van der Waals surface area (Å²) in [6.07, 6.45) is 1.50. The van der Waals surface area contributed by atoms with Crippen LogP contribution in [0.2, 0.25) is 0 Å². The molecule has 0 amide bonds. The number of nitrogens with one attached hydrogen (secondary N) is 1. The van der Waals surface area contributed by atoms with Gasteiger partial charge in [-0.1, -0.05) is 18.2 Å². The molecule has 1 aromatic carbocycles. The van der Waals surface area contributed by atoms with Crippen molar-refractivity contribution in [2.75, 3.05) is 5.32 Å². The van der Waals surface area contributed by atoms with Gasteiger partial charge in [0.15, 0.2) is 5.82 Å². The van der Waals surface area contributed by atoms with Crippen LogP contribution in [0, 0.1) is 18.3 Å². The van der Waals surface area contributed by atoms with Crippen LogP contribution in [-0.4, -0.2) is 15.2 Å². The summed E-state index contributed by atoms with van der Waals surface area (Å²) in [4.78, 5) is 4.48. The second kappa shape index (κ2) is 4.94. The molecule has 0 aliphatic carbocycles. The Balaban J connectivity index is 2.14. The highest BCUT2D eigenvalue weighted by molar-refractivity contribution is 5.93. The monoisotopic (exact) mass is 261 g/mol. The summed E-state index contributed by atoms with van der Waals surface area (Å²) in [5.74, 6) is 0.450. The van der Waals surface area contributed by atoms with Crippen LogP contribution in [0.4, 0.5) is 11.5 Å². The number of anilines is 2. The number of nitriles is 1. The van der Waals surface area contributed by atoms with Crippen molar-refractivity contribution in [3.05, 3.63) is 53.9 Å². The topological polar surface area (TPSA) is 74.5 Å². The van der Waals surface area contributed by atoms with Crippen molar-refractivity contribution in [1.29, 1.82) is 5.26 Å². The smallest absolute Gasteiger partial charge is 0.171 e. The molecule has 0 saturated carbocycles. The van der Waals surface area contributed by atoms with Crippen molar-refractivity contribution in [1.82, 2.24) is 15.2 Å². The normalized spacial score (nSPS) is 10.2. The SMILES string of the molecule is Cc1cc(Nc2nnccc2C#N)c2ccccc2n1. The summed E-state index contributed by atoms with van der Waals surface area (Å²) in [6, 6.07) is 13.5. The Labute approximate surface area is 115 Å². The molecule has 0 unspecified atom stereocenters. The number of hydrogen-bond acceptors (Lipinski definition) is 5. The minimum absolute atomic E-state index is 0.450. The molecule has 3 aromatic rings. The molecule has 0 fully saturated rings. The zero-order valence-corrected chi connectivity index (χ0v) is 10.8. The number of rotatable bonds is 2. The van der Waals surface area contributed by atoms with Crippen molar-refractivity contribution in [3.8, 4) is 6.07 Å². The molecule has 0 spiro atoms. The lowest BCUT2D eigenvalue weighted by Crippen LogP contribution is -2.00. The lowest BCUT2D eigenvalue weighted by molar-refractivity contribution is 1.03. The van der Waals surface area contributed by atoms with Gasteiger partial charge >= 0.3 is 0 Å². The molecule has 0 saturated heterocycles. The van der Waals surface area contributed by atoms with E-state index in [9.17, 15) is 0 Å². The van der Waals surface area contributed by atoms with E-state index in [2.05, 4.69) is 26.6 Å². The van der Waals surface area contributed by atoms with Crippen LogP contribution >= 0.6 is 0 Å². The van der Waals surface area contributed by atoms with E-state index in [-0.39, 0.29) is 0 Å². The summed E-state index contributed by atoms with van der Waals surface area (Å²) in [7, 11) is 0. The van der Waals surface area contributed by atoms with E-state index < -0.39 is 0 Å². The van der Waals surface area contributed by atoms with Gasteiger partial charge in [0.2, 0.25) is 0 Å². The molecule has 1 N–H and O–H groups in total. The van der Waals surface area contributed by atoms with Gasteiger partial charge in [-0.25, -0.2) is 0 Å². The number of para-hydroxylation sites is 1. The Morgan fingerprint density at radius 2 is 2.05 bits per heavy atom. The molecule has 2 heterocycles. The van der Waals surface area contributed by atoms with Gasteiger partial charge in [-0.2, -0.15) is 10.4 Å². The first-order chi connectivity index (χ1) is 9.78. The second-order valence-electron chi connectivity index (χ2n) is 4.36. The third kappa shape index (κ3) is 2.15. The third-order valence-corrected chi connectivity index (χ3v) is 2.94. The first-order valence-electron chi connectivity index (χ1n) is 6.13. The van der Waals surface area contributed by atoms with Crippen molar-refractivity contribution >= 4 is 22.4 Å². The third-order valence-electron chi connectivity index (χ3n) is 2.94. The van der Waals surface area contributed by atoms with Crippen LogP contribution < -0.4 is 5.32 Å². The van der Waals surface area contributed by atoms with Gasteiger partial charge < -0.3 is 5.32 Å². The molecule has 5 nitrogen and oxygen atoms in total. The molecule has 5 heteroatoms. The van der Waals surface area contributed by atoms with E-state index in [0.717, 1.165) is 22.3 Å². The minimum atomic E-state index is 0.450. The maximum Gasteiger partial charge on any atom is 0.171 e. The number of pyridine rings is 1. The zero-order chi connectivity index (χ0) is 13.9. The van der Waals surface area contributed by atoms with Gasteiger partial charge in [0.25, 0.3) is 0 Å². The average molecular weight is 261 g/mol. The van der Waals surface area contributed by atoms with Crippen LogP contribution in [-0.2, 0) is 0 Å². The first-order valence-corrected chi connectivity index (χ1v) is 6.13. The largest absolute Gasteiger partial charge is 0.337 e. The Hall–Kier alpha value is -3.00. The molecule has 0 radical (unpaired) electrons. The van der Waals surface area contributed by atoms with Crippen LogP contribution in [0.5, 0.6) is 0 Å². The first kappa shape index (κ1) is 12.1. The fourth-order valence-electron chi connectivity index (χ4n) is 2.05.